The Morgan fingerprint density at radius 1 is 0.579 bits per heavy atom. The van der Waals surface area contributed by atoms with Crippen LogP contribution < -0.4 is 0 Å². The van der Waals surface area contributed by atoms with E-state index in [9.17, 15) is 0 Å². The van der Waals surface area contributed by atoms with Crippen molar-refractivity contribution >= 4 is 17.2 Å². The Morgan fingerprint density at radius 2 is 0.789 bits per heavy atom. The fourth-order valence-electron chi connectivity index (χ4n) is 2.88. The van der Waals surface area contributed by atoms with Crippen LogP contribution in [0.2, 0.25) is 0 Å². The molecule has 0 aliphatic heterocycles. The summed E-state index contributed by atoms with van der Waals surface area (Å²) in [6.45, 7) is 9.21. The van der Waals surface area contributed by atoms with Gasteiger partial charge in [0.15, 0.2) is 0 Å². The van der Waals surface area contributed by atoms with Gasteiger partial charge in [-0.25, -0.2) is 0 Å². The first-order valence-electron chi connectivity index (χ1n) is 8.26. The Labute approximate surface area is 126 Å². The van der Waals surface area contributed by atoms with Gasteiger partial charge in [-0.3, -0.25) is 0 Å². The van der Waals surface area contributed by atoms with Gasteiger partial charge in [-0.05, 0) is 0 Å². The Bertz CT molecular complexity index is 165. The van der Waals surface area contributed by atoms with Crippen molar-refractivity contribution in [3.05, 3.63) is 0 Å². The van der Waals surface area contributed by atoms with Gasteiger partial charge in [0.1, 0.15) is 0 Å². The first-order chi connectivity index (χ1) is 8.54. The van der Waals surface area contributed by atoms with Gasteiger partial charge in [0.2, 0.25) is 0 Å². The Kier molecular flexibility index (Phi) is 13.1. The molecule has 120 valence electrons. The van der Waals surface area contributed by atoms with Crippen molar-refractivity contribution in [1.82, 2.24) is 0 Å². The van der Waals surface area contributed by atoms with Crippen molar-refractivity contribution in [2.75, 3.05) is 24.6 Å². The van der Waals surface area contributed by atoms with Crippen molar-refractivity contribution in [3.63, 3.8) is 0 Å². The minimum Gasteiger partial charge on any atom is -0.412 e. The smallest absolute Gasteiger partial charge is 0.412 e. The first kappa shape index (κ1) is 22.0. The monoisotopic (exact) mass is 312 g/mol. The van der Waals surface area contributed by atoms with Crippen LogP contribution in [0.15, 0.2) is 0 Å². The summed E-state index contributed by atoms with van der Waals surface area (Å²) in [5, 5.41) is 0. The molecule has 0 heterocycles. The van der Waals surface area contributed by atoms with E-state index in [-0.39, 0.29) is 5.48 Å². The average molecular weight is 313 g/mol. The molecular weight excluding hydrogens is 275 g/mol. The summed E-state index contributed by atoms with van der Waals surface area (Å²) in [7, 11) is 0. The van der Waals surface area contributed by atoms with E-state index in [2.05, 4.69) is 27.7 Å². The molecule has 0 aliphatic rings. The van der Waals surface area contributed by atoms with E-state index in [4.69, 9.17) is 11.2 Å². The van der Waals surface area contributed by atoms with Gasteiger partial charge >= 0.3 is 121 Å². The van der Waals surface area contributed by atoms with Crippen molar-refractivity contribution in [3.8, 4) is 0 Å². The van der Waals surface area contributed by atoms with Gasteiger partial charge < -0.3 is 5.48 Å². The van der Waals surface area contributed by atoms with Gasteiger partial charge in [0.25, 0.3) is 0 Å². The summed E-state index contributed by atoms with van der Waals surface area (Å²) in [5.74, 6) is -1.89. The summed E-state index contributed by atoms with van der Waals surface area (Å²) >= 11 is 7.44. The predicted molar refractivity (Wildman–Crippen MR) is 95.5 cm³/mol. The van der Waals surface area contributed by atoms with Crippen molar-refractivity contribution in [1.29, 1.82) is 0 Å². The van der Waals surface area contributed by atoms with Crippen LogP contribution in [0.5, 0.6) is 0 Å². The second-order valence-corrected chi connectivity index (χ2v) is 14.4. The molecule has 0 aromatic heterocycles. The molecule has 0 amide bonds. The average Bonchev–Trinajstić information content (AvgIpc) is 2.40. The first-order valence-corrected chi connectivity index (χ1v) is 12.1. The van der Waals surface area contributed by atoms with Gasteiger partial charge in [-0.2, -0.15) is 0 Å². The molecule has 0 radical (unpaired) electrons. The molecule has 1 nitrogen and oxygen atoms in total. The third kappa shape index (κ3) is 8.53. The normalized spacial score (nSPS) is 13.6. The number of rotatable bonds is 12. The predicted octanol–water partition coefficient (Wildman–Crippen LogP) is 6.07. The van der Waals surface area contributed by atoms with Crippen LogP contribution in [0, 0.1) is 0 Å². The molecule has 3 heteroatoms. The maximum Gasteiger partial charge on any atom is -0.412 e. The Morgan fingerprint density at radius 3 is 0.947 bits per heavy atom. The van der Waals surface area contributed by atoms with Crippen LogP contribution in [0.1, 0.15) is 79.1 Å². The van der Waals surface area contributed by atoms with E-state index in [1.165, 1.54) is 76.0 Å². The van der Waals surface area contributed by atoms with E-state index in [1.54, 1.807) is 0 Å². The summed E-state index contributed by atoms with van der Waals surface area (Å²) in [5.41, 5.74) is 0. The maximum absolute atomic E-state index is 7.44. The molecule has 0 aromatic rings. The zero-order chi connectivity index (χ0) is 13.9. The molecule has 0 saturated carbocycles. The number of hydrogen-bond acceptors (Lipinski definition) is 0. The minimum atomic E-state index is -1.89. The second kappa shape index (κ2) is 11.4. The molecule has 0 unspecified atom stereocenters. The van der Waals surface area contributed by atoms with Crippen LogP contribution in [0.3, 0.4) is 0 Å². The largest absolute Gasteiger partial charge is 0.412 e. The molecule has 0 aromatic carbocycles. The molecule has 0 bridgehead atoms. The van der Waals surface area contributed by atoms with Crippen molar-refractivity contribution in [2.45, 2.75) is 79.1 Å². The number of unbranched alkanes of at least 4 members (excludes halogenated alkanes) is 4. The summed E-state index contributed by atoms with van der Waals surface area (Å²) < 4.78 is 0. The van der Waals surface area contributed by atoms with E-state index >= 15 is 0 Å². The zero-order valence-corrected chi connectivity index (χ0v) is 15.5. The molecular formula is C16H38ClOP. The van der Waals surface area contributed by atoms with E-state index < -0.39 is 5.96 Å². The minimum absolute atomic E-state index is 0. The third-order valence-electron chi connectivity index (χ3n) is 4.28. The molecule has 0 fully saturated rings. The van der Waals surface area contributed by atoms with Gasteiger partial charge in [-0.15, -0.1) is 0 Å². The van der Waals surface area contributed by atoms with Gasteiger partial charge in [-0.1, -0.05) is 0 Å². The molecule has 0 atom stereocenters. The molecule has 0 rings (SSSR count). The fourth-order valence-corrected chi connectivity index (χ4v) is 10.1. The van der Waals surface area contributed by atoms with Gasteiger partial charge in [0.05, 0.1) is 0 Å². The molecule has 19 heavy (non-hydrogen) atoms. The van der Waals surface area contributed by atoms with Crippen LogP contribution in [0.4, 0.5) is 0 Å². The van der Waals surface area contributed by atoms with Crippen LogP contribution in [-0.4, -0.2) is 30.1 Å². The second-order valence-electron chi connectivity index (χ2n) is 6.13. The summed E-state index contributed by atoms with van der Waals surface area (Å²) in [4.78, 5) is 0. The molecule has 0 aliphatic carbocycles. The number of hydrogen-bond donors (Lipinski definition) is 0. The van der Waals surface area contributed by atoms with Crippen molar-refractivity contribution in [2.24, 2.45) is 0 Å². The maximum atomic E-state index is 7.44. The van der Waals surface area contributed by atoms with Crippen LogP contribution in [-0.2, 0) is 0 Å². The topological polar surface area (TPSA) is 31.5 Å². The molecule has 0 spiro atoms. The molecule has 2 N–H and O–H groups in total. The van der Waals surface area contributed by atoms with Crippen LogP contribution >= 0.6 is 17.2 Å². The fraction of sp³-hybridized carbons (Fsp3) is 1.00. The van der Waals surface area contributed by atoms with E-state index in [0.29, 0.717) is 0 Å². The summed E-state index contributed by atoms with van der Waals surface area (Å²) in [6, 6.07) is 0. The van der Waals surface area contributed by atoms with E-state index in [0.717, 1.165) is 0 Å². The van der Waals surface area contributed by atoms with Crippen molar-refractivity contribution < 1.29 is 5.48 Å². The third-order valence-corrected chi connectivity index (χ3v) is 12.0. The van der Waals surface area contributed by atoms with Crippen LogP contribution in [0.25, 0.3) is 0 Å². The Balaban J connectivity index is 0. The molecule has 0 saturated heterocycles. The SMILES string of the molecule is CCCCP(Cl)(CCCC)(CCCC)CCCC.O. The van der Waals surface area contributed by atoms with E-state index in [1.807, 2.05) is 0 Å². The standard InChI is InChI=1S/C16H36ClP.H2O/c1-5-9-13-18(17,14-10-6-2,15-11-7-3)16-12-8-4;/h5-16H2,1-4H3;1H2. The quantitative estimate of drug-likeness (QED) is 0.392. The van der Waals surface area contributed by atoms with Gasteiger partial charge in [0, 0.05) is 0 Å². The number of halogens is 1. The summed E-state index contributed by atoms with van der Waals surface area (Å²) in [6.07, 6.45) is 16.0. The zero-order valence-electron chi connectivity index (χ0n) is 13.8. The Hall–Kier alpha value is 0.680.